The average Bonchev–Trinajstić information content (AvgIpc) is 2.42. The fraction of sp³-hybridized carbons (Fsp3) is 0.857. The molecule has 0 aromatic carbocycles. The zero-order valence-corrected chi connectivity index (χ0v) is 13.3. The minimum absolute atomic E-state index is 0.0121. The largest absolute Gasteiger partial charge is 0.324 e. The summed E-state index contributed by atoms with van der Waals surface area (Å²) in [6, 6.07) is 0.283. The van der Waals surface area contributed by atoms with Gasteiger partial charge >= 0.3 is 12.1 Å². The summed E-state index contributed by atoms with van der Waals surface area (Å²) in [5.41, 5.74) is 0. The first-order chi connectivity index (χ1) is 9.36. The van der Waals surface area contributed by atoms with Crippen LogP contribution in [0.1, 0.15) is 27.7 Å². The Morgan fingerprint density at radius 1 is 0.850 bits per heavy atom. The van der Waals surface area contributed by atoms with Gasteiger partial charge in [-0.05, 0) is 27.7 Å². The molecular weight excluding hydrogens is 256 g/mol. The van der Waals surface area contributed by atoms with E-state index in [4.69, 9.17) is 0 Å². The maximum Gasteiger partial charge on any atom is 0.321 e. The van der Waals surface area contributed by atoms with Gasteiger partial charge in [0, 0.05) is 45.2 Å². The molecule has 6 heteroatoms. The Bertz CT molecular complexity index is 414. The number of carbonyl (C=O) groups excluding carboxylic acids is 2. The van der Waals surface area contributed by atoms with Crippen molar-refractivity contribution in [2.24, 2.45) is 5.92 Å². The highest BCUT2D eigenvalue weighted by Gasteiger charge is 2.53. The number of nitrogens with zero attached hydrogens (tertiary/aromatic N) is 4. The van der Waals surface area contributed by atoms with Crippen molar-refractivity contribution in [3.63, 3.8) is 0 Å². The van der Waals surface area contributed by atoms with Crippen LogP contribution in [-0.4, -0.2) is 77.1 Å². The highest BCUT2D eigenvalue weighted by atomic mass is 16.2. The molecule has 0 radical (unpaired) electrons. The molecular formula is C14H26N4O2. The van der Waals surface area contributed by atoms with E-state index in [1.807, 2.05) is 37.7 Å². The Morgan fingerprint density at radius 2 is 1.35 bits per heavy atom. The minimum atomic E-state index is -0.135. The molecule has 2 heterocycles. The zero-order chi connectivity index (χ0) is 15.2. The molecule has 2 rings (SSSR count). The molecule has 2 saturated heterocycles. The summed E-state index contributed by atoms with van der Waals surface area (Å²) >= 11 is 0. The Hall–Kier alpha value is -1.46. The van der Waals surface area contributed by atoms with Crippen LogP contribution >= 0.6 is 0 Å². The first kappa shape index (κ1) is 14.9. The van der Waals surface area contributed by atoms with Gasteiger partial charge in [0.05, 0.1) is 0 Å². The van der Waals surface area contributed by atoms with E-state index in [1.165, 1.54) is 0 Å². The molecule has 0 bridgehead atoms. The molecule has 4 atom stereocenters. The van der Waals surface area contributed by atoms with E-state index in [9.17, 15) is 9.59 Å². The van der Waals surface area contributed by atoms with Gasteiger partial charge in [-0.3, -0.25) is 0 Å². The number of amides is 4. The van der Waals surface area contributed by atoms with Crippen LogP contribution in [0.3, 0.4) is 0 Å². The second kappa shape index (κ2) is 5.14. The number of rotatable bonds is 2. The van der Waals surface area contributed by atoms with Crippen LogP contribution in [-0.2, 0) is 0 Å². The number of hydrogen-bond donors (Lipinski definition) is 0. The highest BCUT2D eigenvalue weighted by Crippen LogP contribution is 2.36. The second-order valence-electron chi connectivity index (χ2n) is 5.83. The van der Waals surface area contributed by atoms with Gasteiger partial charge in [-0.1, -0.05) is 0 Å². The number of hydrogen-bond acceptors (Lipinski definition) is 2. The molecule has 0 N–H and O–H groups in total. The molecule has 0 aliphatic carbocycles. The van der Waals surface area contributed by atoms with Gasteiger partial charge in [0.2, 0.25) is 0 Å². The molecule has 4 amide bonds. The van der Waals surface area contributed by atoms with Crippen molar-refractivity contribution in [1.82, 2.24) is 19.6 Å². The van der Waals surface area contributed by atoms with Crippen LogP contribution in [0.5, 0.6) is 0 Å². The Balaban J connectivity index is 2.45. The minimum Gasteiger partial charge on any atom is -0.324 e. The lowest BCUT2D eigenvalue weighted by Gasteiger charge is -2.58. The Labute approximate surface area is 121 Å². The Morgan fingerprint density at radius 3 is 1.85 bits per heavy atom. The second-order valence-corrected chi connectivity index (χ2v) is 5.83. The van der Waals surface area contributed by atoms with Gasteiger partial charge in [0.25, 0.3) is 0 Å². The van der Waals surface area contributed by atoms with Gasteiger partial charge < -0.3 is 19.6 Å². The summed E-state index contributed by atoms with van der Waals surface area (Å²) in [6.07, 6.45) is -0.135. The zero-order valence-electron chi connectivity index (χ0n) is 13.3. The lowest BCUT2D eigenvalue weighted by molar-refractivity contribution is -0.0704. The summed E-state index contributed by atoms with van der Waals surface area (Å²) < 4.78 is 0. The van der Waals surface area contributed by atoms with Gasteiger partial charge in [0.15, 0.2) is 0 Å². The van der Waals surface area contributed by atoms with Gasteiger partial charge in [-0.2, -0.15) is 0 Å². The topological polar surface area (TPSA) is 47.1 Å². The lowest BCUT2D eigenvalue weighted by atomic mass is 9.83. The van der Waals surface area contributed by atoms with Crippen LogP contribution in [0.4, 0.5) is 9.59 Å². The molecule has 0 unspecified atom stereocenters. The van der Waals surface area contributed by atoms with E-state index < -0.39 is 0 Å². The summed E-state index contributed by atoms with van der Waals surface area (Å²) in [5, 5.41) is 0. The van der Waals surface area contributed by atoms with Crippen molar-refractivity contribution in [3.05, 3.63) is 0 Å². The molecule has 2 aliphatic heterocycles. The van der Waals surface area contributed by atoms with Crippen molar-refractivity contribution in [2.75, 3.05) is 27.2 Å². The standard InChI is InChI=1S/C14H26N4O2/c1-7-17-10(4)11-9(3)15(5)13(19)18(8-2)12(11)16(6)14(17)20/h9-12H,7-8H2,1-6H3/t9-,10-,11+,12-/m0/s1. The number of fused-ring (bicyclic) bond motifs is 1. The molecule has 114 valence electrons. The Kier molecular flexibility index (Phi) is 3.84. The summed E-state index contributed by atoms with van der Waals surface area (Å²) in [6.45, 7) is 9.46. The van der Waals surface area contributed by atoms with E-state index in [-0.39, 0.29) is 36.2 Å². The molecule has 0 aromatic rings. The quantitative estimate of drug-likeness (QED) is 0.770. The molecule has 2 aliphatic rings. The molecule has 0 aromatic heterocycles. The third-order valence-electron chi connectivity index (χ3n) is 5.05. The fourth-order valence-electron chi connectivity index (χ4n) is 3.77. The van der Waals surface area contributed by atoms with E-state index in [1.54, 1.807) is 9.80 Å². The predicted octanol–water partition coefficient (Wildman–Crippen LogP) is 1.48. The normalized spacial score (nSPS) is 34.7. The first-order valence-electron chi connectivity index (χ1n) is 7.43. The maximum absolute atomic E-state index is 12.5. The fourth-order valence-corrected chi connectivity index (χ4v) is 3.77. The van der Waals surface area contributed by atoms with E-state index in [2.05, 4.69) is 13.8 Å². The van der Waals surface area contributed by atoms with Gasteiger partial charge in [-0.15, -0.1) is 0 Å². The number of urea groups is 2. The smallest absolute Gasteiger partial charge is 0.321 e. The van der Waals surface area contributed by atoms with Crippen LogP contribution < -0.4 is 0 Å². The van der Waals surface area contributed by atoms with Gasteiger partial charge in [0.1, 0.15) is 6.17 Å². The lowest BCUT2D eigenvalue weighted by Crippen LogP contribution is -2.74. The molecule has 2 fully saturated rings. The summed E-state index contributed by atoms with van der Waals surface area (Å²) in [7, 11) is 3.66. The van der Waals surface area contributed by atoms with Crippen molar-refractivity contribution in [3.8, 4) is 0 Å². The maximum atomic E-state index is 12.5. The molecule has 0 saturated carbocycles. The van der Waals surface area contributed by atoms with E-state index in [0.29, 0.717) is 13.1 Å². The van der Waals surface area contributed by atoms with Crippen molar-refractivity contribution < 1.29 is 9.59 Å². The van der Waals surface area contributed by atoms with Crippen LogP contribution in [0.15, 0.2) is 0 Å². The van der Waals surface area contributed by atoms with Crippen LogP contribution in [0, 0.1) is 5.92 Å². The third-order valence-corrected chi connectivity index (χ3v) is 5.05. The average molecular weight is 282 g/mol. The molecule has 0 spiro atoms. The van der Waals surface area contributed by atoms with Crippen molar-refractivity contribution >= 4 is 12.1 Å². The first-order valence-corrected chi connectivity index (χ1v) is 7.43. The van der Waals surface area contributed by atoms with Crippen molar-refractivity contribution in [2.45, 2.75) is 45.9 Å². The van der Waals surface area contributed by atoms with E-state index in [0.717, 1.165) is 0 Å². The van der Waals surface area contributed by atoms with Crippen LogP contribution in [0.2, 0.25) is 0 Å². The summed E-state index contributed by atoms with van der Waals surface area (Å²) in [4.78, 5) is 32.2. The third kappa shape index (κ3) is 1.84. The SMILES string of the molecule is CCN1C(=O)N(C)[C@@H]2[C@H]([C@H](C)N(C)C(=O)N2CC)[C@@H]1C. The highest BCUT2D eigenvalue weighted by molar-refractivity contribution is 5.80. The monoisotopic (exact) mass is 282 g/mol. The van der Waals surface area contributed by atoms with Crippen LogP contribution in [0.25, 0.3) is 0 Å². The van der Waals surface area contributed by atoms with E-state index >= 15 is 0 Å². The summed E-state index contributed by atoms with van der Waals surface area (Å²) in [5.74, 6) is 0.236. The molecule has 6 nitrogen and oxygen atoms in total. The van der Waals surface area contributed by atoms with Crippen molar-refractivity contribution in [1.29, 1.82) is 0 Å². The number of carbonyl (C=O) groups is 2. The predicted molar refractivity (Wildman–Crippen MR) is 77.3 cm³/mol. The van der Waals surface area contributed by atoms with Gasteiger partial charge in [-0.25, -0.2) is 9.59 Å². The molecule has 20 heavy (non-hydrogen) atoms.